The second-order valence-electron chi connectivity index (χ2n) is 6.39. The van der Waals surface area contributed by atoms with Crippen molar-refractivity contribution in [3.8, 4) is 11.8 Å². The van der Waals surface area contributed by atoms with Gasteiger partial charge in [-0.15, -0.1) is 10.2 Å². The number of nitrogens with zero attached hydrogens (tertiary/aromatic N) is 4. The number of aromatic nitrogens is 4. The maximum atomic E-state index is 12.1. The molecule has 0 aromatic carbocycles. The van der Waals surface area contributed by atoms with E-state index in [4.69, 9.17) is 10.5 Å². The molecule has 1 atom stereocenters. The molecule has 0 bridgehead atoms. The van der Waals surface area contributed by atoms with E-state index in [1.807, 2.05) is 13.8 Å². The number of carbonyl (C=O) groups excluding carboxylic acids is 1. The first-order valence-corrected chi connectivity index (χ1v) is 8.86. The van der Waals surface area contributed by atoms with Crippen molar-refractivity contribution in [2.45, 2.75) is 38.3 Å². The average molecular weight is 373 g/mol. The van der Waals surface area contributed by atoms with Crippen LogP contribution < -0.4 is 16.4 Å². The standard InChI is InChI=1S/C16H19N7O2S/c1-16(2)7-11(5-6-25-16)20-14(24)21-15-23-22-12(26-15)4-3-10-8-18-13(17)19-9-10/h8-9,11H,5-7H2,1-2H3,(H2,17,18,19)(H2,20,21,23,24). The van der Waals surface area contributed by atoms with Gasteiger partial charge in [-0.05, 0) is 32.6 Å². The fourth-order valence-electron chi connectivity index (χ4n) is 2.53. The number of nitrogens with one attached hydrogen (secondary N) is 2. The Bertz CT molecular complexity index is 838. The van der Waals surface area contributed by atoms with E-state index in [-0.39, 0.29) is 23.6 Å². The maximum absolute atomic E-state index is 12.1. The minimum atomic E-state index is -0.310. The van der Waals surface area contributed by atoms with Crippen molar-refractivity contribution in [3.05, 3.63) is 23.0 Å². The zero-order valence-corrected chi connectivity index (χ0v) is 15.3. The summed E-state index contributed by atoms with van der Waals surface area (Å²) >= 11 is 1.19. The number of nitrogen functional groups attached to an aromatic ring is 1. The van der Waals surface area contributed by atoms with Gasteiger partial charge in [-0.2, -0.15) is 0 Å². The summed E-state index contributed by atoms with van der Waals surface area (Å²) in [7, 11) is 0. The average Bonchev–Trinajstić information content (AvgIpc) is 3.00. The maximum Gasteiger partial charge on any atom is 0.321 e. The van der Waals surface area contributed by atoms with Crippen LogP contribution in [0, 0.1) is 11.8 Å². The third kappa shape index (κ3) is 5.11. The summed E-state index contributed by atoms with van der Waals surface area (Å²) in [5.41, 5.74) is 5.81. The molecule has 2 amide bonds. The predicted octanol–water partition coefficient (Wildman–Crippen LogP) is 1.39. The smallest absolute Gasteiger partial charge is 0.321 e. The van der Waals surface area contributed by atoms with Crippen molar-refractivity contribution in [1.29, 1.82) is 0 Å². The van der Waals surface area contributed by atoms with E-state index >= 15 is 0 Å². The van der Waals surface area contributed by atoms with Crippen molar-refractivity contribution in [2.24, 2.45) is 0 Å². The summed E-state index contributed by atoms with van der Waals surface area (Å²) in [6, 6.07) is -0.244. The molecule has 0 radical (unpaired) electrons. The summed E-state index contributed by atoms with van der Waals surface area (Å²) in [5, 5.41) is 14.3. The normalized spacial score (nSPS) is 18.5. The van der Waals surface area contributed by atoms with Crippen LogP contribution in [-0.2, 0) is 4.74 Å². The number of urea groups is 1. The van der Waals surface area contributed by atoms with Crippen LogP contribution in [0.25, 0.3) is 0 Å². The van der Waals surface area contributed by atoms with E-state index in [1.165, 1.54) is 23.7 Å². The highest BCUT2D eigenvalue weighted by Crippen LogP contribution is 2.24. The van der Waals surface area contributed by atoms with Crippen LogP contribution in [0.2, 0.25) is 0 Å². The lowest BCUT2D eigenvalue weighted by molar-refractivity contribution is -0.0609. The van der Waals surface area contributed by atoms with Gasteiger partial charge in [0.25, 0.3) is 0 Å². The van der Waals surface area contributed by atoms with Gasteiger partial charge < -0.3 is 15.8 Å². The first kappa shape index (κ1) is 18.0. The molecule has 10 heteroatoms. The van der Waals surface area contributed by atoms with Gasteiger partial charge >= 0.3 is 6.03 Å². The van der Waals surface area contributed by atoms with Crippen LogP contribution in [0.5, 0.6) is 0 Å². The highest BCUT2D eigenvalue weighted by molar-refractivity contribution is 7.15. The number of hydrogen-bond donors (Lipinski definition) is 3. The van der Waals surface area contributed by atoms with Crippen LogP contribution in [-0.4, -0.2) is 44.4 Å². The number of nitrogens with two attached hydrogens (primary N) is 1. The van der Waals surface area contributed by atoms with Gasteiger partial charge in [-0.1, -0.05) is 17.3 Å². The summed E-state index contributed by atoms with van der Waals surface area (Å²) in [4.78, 5) is 19.8. The Hall–Kier alpha value is -2.77. The molecule has 2 aromatic heterocycles. The minimum absolute atomic E-state index is 0.0662. The fourth-order valence-corrected chi connectivity index (χ4v) is 3.12. The lowest BCUT2D eigenvalue weighted by atomic mass is 9.94. The van der Waals surface area contributed by atoms with Gasteiger partial charge in [-0.3, -0.25) is 5.32 Å². The minimum Gasteiger partial charge on any atom is -0.375 e. The first-order chi connectivity index (χ1) is 12.4. The highest BCUT2D eigenvalue weighted by atomic mass is 32.1. The van der Waals surface area contributed by atoms with Gasteiger partial charge in [0.15, 0.2) is 5.01 Å². The molecule has 136 valence electrons. The molecule has 1 aliphatic rings. The van der Waals surface area contributed by atoms with Crippen LogP contribution in [0.1, 0.15) is 37.3 Å². The monoisotopic (exact) mass is 373 g/mol. The van der Waals surface area contributed by atoms with E-state index < -0.39 is 0 Å². The number of rotatable bonds is 2. The topological polar surface area (TPSA) is 128 Å². The Kier molecular flexibility index (Phi) is 5.29. The molecular formula is C16H19N7O2S. The number of hydrogen-bond acceptors (Lipinski definition) is 8. The number of amides is 2. The molecule has 0 aliphatic carbocycles. The number of carbonyl (C=O) groups is 1. The molecular weight excluding hydrogens is 354 g/mol. The Labute approximate surface area is 154 Å². The molecule has 9 nitrogen and oxygen atoms in total. The lowest BCUT2D eigenvalue weighted by Gasteiger charge is -2.35. The zero-order valence-electron chi connectivity index (χ0n) is 14.4. The third-order valence-corrected chi connectivity index (χ3v) is 4.42. The summed E-state index contributed by atoms with van der Waals surface area (Å²) in [6.45, 7) is 4.66. The molecule has 3 rings (SSSR count). The van der Waals surface area contributed by atoms with Crippen molar-refractivity contribution in [2.75, 3.05) is 17.7 Å². The van der Waals surface area contributed by atoms with E-state index in [0.29, 0.717) is 22.3 Å². The SMILES string of the molecule is CC1(C)CC(NC(=O)Nc2nnc(C#Cc3cnc(N)nc3)s2)CCO1. The third-order valence-electron chi connectivity index (χ3n) is 3.66. The molecule has 3 heterocycles. The zero-order chi connectivity index (χ0) is 18.6. The van der Waals surface area contributed by atoms with Gasteiger partial charge in [0.2, 0.25) is 11.1 Å². The largest absolute Gasteiger partial charge is 0.375 e. The summed E-state index contributed by atoms with van der Waals surface area (Å²) in [5.74, 6) is 5.91. The molecule has 1 unspecified atom stereocenters. The van der Waals surface area contributed by atoms with Crippen molar-refractivity contribution < 1.29 is 9.53 Å². The lowest BCUT2D eigenvalue weighted by Crippen LogP contribution is -2.47. The van der Waals surface area contributed by atoms with Crippen LogP contribution in [0.4, 0.5) is 15.9 Å². The highest BCUT2D eigenvalue weighted by Gasteiger charge is 2.29. The van der Waals surface area contributed by atoms with Gasteiger partial charge in [0.05, 0.1) is 11.2 Å². The second kappa shape index (κ2) is 7.63. The molecule has 1 saturated heterocycles. The summed E-state index contributed by atoms with van der Waals surface area (Å²) in [6.07, 6.45) is 4.60. The van der Waals surface area contributed by atoms with Gasteiger partial charge in [-0.25, -0.2) is 14.8 Å². The fraction of sp³-hybridized carbons (Fsp3) is 0.438. The van der Waals surface area contributed by atoms with E-state index in [0.717, 1.165) is 12.8 Å². The predicted molar refractivity (Wildman–Crippen MR) is 97.5 cm³/mol. The quantitative estimate of drug-likeness (QED) is 0.679. The second-order valence-corrected chi connectivity index (χ2v) is 7.37. The molecule has 26 heavy (non-hydrogen) atoms. The van der Waals surface area contributed by atoms with Crippen molar-refractivity contribution in [3.63, 3.8) is 0 Å². The Morgan fingerprint density at radius 3 is 2.85 bits per heavy atom. The van der Waals surface area contributed by atoms with E-state index in [2.05, 4.69) is 42.6 Å². The van der Waals surface area contributed by atoms with E-state index in [1.54, 1.807) is 0 Å². The van der Waals surface area contributed by atoms with Crippen LogP contribution in [0.3, 0.4) is 0 Å². The van der Waals surface area contributed by atoms with Crippen LogP contribution in [0.15, 0.2) is 12.4 Å². The van der Waals surface area contributed by atoms with E-state index in [9.17, 15) is 4.79 Å². The molecule has 1 fully saturated rings. The van der Waals surface area contributed by atoms with Gasteiger partial charge in [0.1, 0.15) is 0 Å². The van der Waals surface area contributed by atoms with Gasteiger partial charge in [0, 0.05) is 25.0 Å². The number of anilines is 2. The first-order valence-electron chi connectivity index (χ1n) is 8.04. The Balaban J connectivity index is 1.55. The molecule has 4 N–H and O–H groups in total. The Morgan fingerprint density at radius 2 is 2.12 bits per heavy atom. The molecule has 0 spiro atoms. The molecule has 2 aromatic rings. The molecule has 1 aliphatic heterocycles. The van der Waals surface area contributed by atoms with Crippen molar-refractivity contribution >= 4 is 28.4 Å². The summed E-state index contributed by atoms with van der Waals surface area (Å²) < 4.78 is 5.65. The number of ether oxygens (including phenoxy) is 1. The van der Waals surface area contributed by atoms with Crippen molar-refractivity contribution in [1.82, 2.24) is 25.5 Å². The molecule has 0 saturated carbocycles. The van der Waals surface area contributed by atoms with Crippen LogP contribution >= 0.6 is 11.3 Å². The Morgan fingerprint density at radius 1 is 1.35 bits per heavy atom.